The third-order valence-electron chi connectivity index (χ3n) is 4.38. The summed E-state index contributed by atoms with van der Waals surface area (Å²) in [6.45, 7) is 8.56. The summed E-state index contributed by atoms with van der Waals surface area (Å²) in [4.78, 5) is 4.70. The van der Waals surface area contributed by atoms with E-state index in [0.29, 0.717) is 6.54 Å². The van der Waals surface area contributed by atoms with Crippen molar-refractivity contribution in [2.75, 3.05) is 13.7 Å². The molecule has 1 heterocycles. The molecule has 0 aliphatic rings. The summed E-state index contributed by atoms with van der Waals surface area (Å²) in [6.07, 6.45) is 1.91. The lowest BCUT2D eigenvalue weighted by molar-refractivity contribution is 0.414. The molecular formula is C20H32IN5O. The molecule has 6 nitrogen and oxygen atoms in total. The van der Waals surface area contributed by atoms with E-state index in [1.54, 1.807) is 7.11 Å². The van der Waals surface area contributed by atoms with Gasteiger partial charge in [0.1, 0.15) is 5.75 Å². The molecule has 2 rings (SSSR count). The summed E-state index contributed by atoms with van der Waals surface area (Å²) < 4.78 is 7.20. The quantitative estimate of drug-likeness (QED) is 0.342. The average molecular weight is 485 g/mol. The first-order chi connectivity index (χ1) is 12.6. The zero-order chi connectivity index (χ0) is 18.9. The van der Waals surface area contributed by atoms with Crippen LogP contribution >= 0.6 is 24.0 Å². The largest absolute Gasteiger partial charge is 0.497 e. The third kappa shape index (κ3) is 6.41. The van der Waals surface area contributed by atoms with E-state index < -0.39 is 0 Å². The van der Waals surface area contributed by atoms with Crippen LogP contribution in [0.1, 0.15) is 43.3 Å². The van der Waals surface area contributed by atoms with E-state index in [4.69, 9.17) is 9.73 Å². The number of aryl methyl sites for hydroxylation is 2. The second-order valence-corrected chi connectivity index (χ2v) is 6.10. The number of aromatic nitrogens is 2. The fourth-order valence-corrected chi connectivity index (χ4v) is 3.01. The van der Waals surface area contributed by atoms with Gasteiger partial charge in [0, 0.05) is 31.4 Å². The number of halogens is 1. The Hall–Kier alpha value is -1.77. The lowest BCUT2D eigenvalue weighted by Gasteiger charge is -2.12. The first-order valence-corrected chi connectivity index (χ1v) is 9.31. The smallest absolute Gasteiger partial charge is 0.191 e. The Labute approximate surface area is 179 Å². The molecule has 1 aromatic heterocycles. The number of guanidine groups is 1. The van der Waals surface area contributed by atoms with Gasteiger partial charge in [-0.25, -0.2) is 4.99 Å². The molecule has 0 bridgehead atoms. The molecule has 0 saturated carbocycles. The number of aliphatic imine (C=N–C) groups is 1. The van der Waals surface area contributed by atoms with Gasteiger partial charge in [0.25, 0.3) is 0 Å². The van der Waals surface area contributed by atoms with Crippen molar-refractivity contribution in [3.8, 4) is 5.75 Å². The molecule has 0 fully saturated rings. The molecule has 7 heteroatoms. The monoisotopic (exact) mass is 485 g/mol. The third-order valence-corrected chi connectivity index (χ3v) is 4.38. The molecular weight excluding hydrogens is 453 g/mol. The molecule has 0 aliphatic heterocycles. The molecule has 2 N–H and O–H groups in total. The highest BCUT2D eigenvalue weighted by molar-refractivity contribution is 14.0. The van der Waals surface area contributed by atoms with Gasteiger partial charge in [0.15, 0.2) is 5.96 Å². The van der Waals surface area contributed by atoms with Gasteiger partial charge in [0.2, 0.25) is 0 Å². The Morgan fingerprint density at radius 1 is 1.11 bits per heavy atom. The summed E-state index contributed by atoms with van der Waals surface area (Å²) in [7, 11) is 3.69. The van der Waals surface area contributed by atoms with Crippen molar-refractivity contribution in [2.45, 2.75) is 46.7 Å². The second-order valence-electron chi connectivity index (χ2n) is 6.10. The first-order valence-electron chi connectivity index (χ1n) is 9.31. The van der Waals surface area contributed by atoms with Crippen molar-refractivity contribution in [3.63, 3.8) is 0 Å². The van der Waals surface area contributed by atoms with E-state index in [1.807, 2.05) is 36.0 Å². The molecule has 0 spiro atoms. The topological polar surface area (TPSA) is 63.5 Å². The highest BCUT2D eigenvalue weighted by Crippen LogP contribution is 2.15. The molecule has 0 aliphatic carbocycles. The van der Waals surface area contributed by atoms with Crippen LogP contribution in [0.4, 0.5) is 0 Å². The van der Waals surface area contributed by atoms with Crippen LogP contribution in [-0.4, -0.2) is 29.4 Å². The van der Waals surface area contributed by atoms with Crippen LogP contribution in [0.25, 0.3) is 0 Å². The summed E-state index contributed by atoms with van der Waals surface area (Å²) in [5.74, 6) is 1.68. The minimum atomic E-state index is 0. The van der Waals surface area contributed by atoms with Crippen LogP contribution < -0.4 is 15.4 Å². The van der Waals surface area contributed by atoms with E-state index in [2.05, 4.69) is 36.5 Å². The minimum absolute atomic E-state index is 0. The Kier molecular flexibility index (Phi) is 10.2. The minimum Gasteiger partial charge on any atom is -0.497 e. The number of hydrogen-bond donors (Lipinski definition) is 2. The highest BCUT2D eigenvalue weighted by atomic mass is 127. The van der Waals surface area contributed by atoms with E-state index >= 15 is 0 Å². The number of hydrogen-bond acceptors (Lipinski definition) is 3. The molecule has 0 radical (unpaired) electrons. The van der Waals surface area contributed by atoms with Crippen molar-refractivity contribution in [3.05, 3.63) is 46.8 Å². The molecule has 0 atom stereocenters. The summed E-state index contributed by atoms with van der Waals surface area (Å²) in [5, 5.41) is 11.4. The summed E-state index contributed by atoms with van der Waals surface area (Å²) in [5.41, 5.74) is 4.86. The standard InChI is InChI=1S/C20H31N5O.HI/c1-6-18-17(19(7-2)25(4)24-18)14-23-20(21-8-3)22-13-15-9-11-16(26-5)12-10-15;/h9-12H,6-8,13-14H2,1-5H3,(H2,21,22,23);1H. The van der Waals surface area contributed by atoms with Crippen molar-refractivity contribution < 1.29 is 4.74 Å². The maximum absolute atomic E-state index is 5.20. The second kappa shape index (κ2) is 11.8. The zero-order valence-corrected chi connectivity index (χ0v) is 19.3. The first kappa shape index (κ1) is 23.3. The van der Waals surface area contributed by atoms with Crippen molar-refractivity contribution in [1.29, 1.82) is 0 Å². The number of nitrogens with one attached hydrogen (secondary N) is 2. The van der Waals surface area contributed by atoms with Crippen LogP contribution in [0, 0.1) is 0 Å². The number of benzene rings is 1. The average Bonchev–Trinajstić information content (AvgIpc) is 2.98. The molecule has 0 amide bonds. The van der Waals surface area contributed by atoms with Gasteiger partial charge in [-0.1, -0.05) is 26.0 Å². The lowest BCUT2D eigenvalue weighted by Crippen LogP contribution is -2.37. The Morgan fingerprint density at radius 3 is 2.37 bits per heavy atom. The SMILES string of the molecule is CCNC(=NCc1ccc(OC)cc1)NCc1c(CC)nn(C)c1CC.I. The predicted octanol–water partition coefficient (Wildman–Crippen LogP) is 3.43. The van der Waals surface area contributed by atoms with Crippen molar-refractivity contribution in [2.24, 2.45) is 12.0 Å². The van der Waals surface area contributed by atoms with E-state index in [-0.39, 0.29) is 24.0 Å². The highest BCUT2D eigenvalue weighted by Gasteiger charge is 2.13. The zero-order valence-electron chi connectivity index (χ0n) is 17.0. The molecule has 2 aromatic rings. The fourth-order valence-electron chi connectivity index (χ4n) is 3.01. The fraction of sp³-hybridized carbons (Fsp3) is 0.500. The Bertz CT molecular complexity index is 725. The number of nitrogens with zero attached hydrogens (tertiary/aromatic N) is 3. The number of ether oxygens (including phenoxy) is 1. The summed E-state index contributed by atoms with van der Waals surface area (Å²) in [6, 6.07) is 8.00. The van der Waals surface area contributed by atoms with Crippen LogP contribution in [0.3, 0.4) is 0 Å². The Morgan fingerprint density at radius 2 is 1.81 bits per heavy atom. The summed E-state index contributed by atoms with van der Waals surface area (Å²) >= 11 is 0. The molecule has 1 aromatic carbocycles. The maximum atomic E-state index is 5.20. The van der Waals surface area contributed by atoms with Crippen LogP contribution in [0.5, 0.6) is 5.75 Å². The predicted molar refractivity (Wildman–Crippen MR) is 122 cm³/mol. The van der Waals surface area contributed by atoms with Gasteiger partial charge in [0.05, 0.1) is 19.3 Å². The Balaban J connectivity index is 0.00000364. The van der Waals surface area contributed by atoms with Gasteiger partial charge in [-0.3, -0.25) is 4.68 Å². The molecule has 0 saturated heterocycles. The lowest BCUT2D eigenvalue weighted by atomic mass is 10.1. The van der Waals surface area contributed by atoms with Gasteiger partial charge in [-0.05, 0) is 37.5 Å². The number of methoxy groups -OCH3 is 1. The van der Waals surface area contributed by atoms with Gasteiger partial charge < -0.3 is 15.4 Å². The maximum Gasteiger partial charge on any atom is 0.191 e. The van der Waals surface area contributed by atoms with Gasteiger partial charge in [-0.2, -0.15) is 5.10 Å². The van der Waals surface area contributed by atoms with Crippen molar-refractivity contribution in [1.82, 2.24) is 20.4 Å². The van der Waals surface area contributed by atoms with Crippen LogP contribution in [0.2, 0.25) is 0 Å². The number of rotatable bonds is 8. The van der Waals surface area contributed by atoms with Crippen molar-refractivity contribution >= 4 is 29.9 Å². The van der Waals surface area contributed by atoms with Crippen LogP contribution in [0.15, 0.2) is 29.3 Å². The normalized spacial score (nSPS) is 11.1. The van der Waals surface area contributed by atoms with Crippen LogP contribution in [-0.2, 0) is 33.0 Å². The molecule has 27 heavy (non-hydrogen) atoms. The molecule has 0 unspecified atom stereocenters. The van der Waals surface area contributed by atoms with E-state index in [9.17, 15) is 0 Å². The van der Waals surface area contributed by atoms with Gasteiger partial charge in [-0.15, -0.1) is 24.0 Å². The van der Waals surface area contributed by atoms with Gasteiger partial charge >= 0.3 is 0 Å². The molecule has 150 valence electrons. The van der Waals surface area contributed by atoms with E-state index in [1.165, 1.54) is 11.3 Å². The van der Waals surface area contributed by atoms with E-state index in [0.717, 1.165) is 48.9 Å².